The third kappa shape index (κ3) is 2.63. The summed E-state index contributed by atoms with van der Waals surface area (Å²) in [4.78, 5) is 2.55. The number of aliphatic hydroxyl groups is 2. The third-order valence-corrected chi connectivity index (χ3v) is 2.29. The van der Waals surface area contributed by atoms with Gasteiger partial charge in [0.25, 0.3) is 0 Å². The van der Waals surface area contributed by atoms with Gasteiger partial charge >= 0.3 is 0 Å². The Bertz CT molecular complexity index is 397. The molecule has 0 amide bonds. The van der Waals surface area contributed by atoms with Crippen LogP contribution in [-0.2, 0) is 7.05 Å². The van der Waals surface area contributed by atoms with Crippen LogP contribution in [-0.4, -0.2) is 32.6 Å². The molecule has 88 valence electrons. The molecule has 0 aromatic carbocycles. The Morgan fingerprint density at radius 2 is 2.38 bits per heavy atom. The number of aromatic nitrogens is 2. The summed E-state index contributed by atoms with van der Waals surface area (Å²) >= 11 is 0. The number of aryl methyl sites for hydroxylation is 1. The first-order chi connectivity index (χ1) is 7.57. The Kier molecular flexibility index (Phi) is 4.12. The fourth-order valence-electron chi connectivity index (χ4n) is 1.29. The highest BCUT2D eigenvalue weighted by Gasteiger charge is 2.22. The number of hydrogen-bond donors (Lipinski definition) is 3. The van der Waals surface area contributed by atoms with Crippen molar-refractivity contribution in [3.63, 3.8) is 0 Å². The average molecular weight is 226 g/mol. The Morgan fingerprint density at radius 3 is 2.88 bits per heavy atom. The highest BCUT2D eigenvalue weighted by atomic mass is 16.3. The smallest absolute Gasteiger partial charge is 0.127 e. The maximum atomic E-state index is 9.76. The van der Waals surface area contributed by atoms with Gasteiger partial charge < -0.3 is 15.9 Å². The minimum atomic E-state index is -1.12. The van der Waals surface area contributed by atoms with Crippen LogP contribution < -0.4 is 5.73 Å². The van der Waals surface area contributed by atoms with E-state index in [2.05, 4.69) is 15.1 Å². The Hall–Kier alpha value is -1.76. The van der Waals surface area contributed by atoms with E-state index >= 15 is 0 Å². The predicted molar refractivity (Wildman–Crippen MR) is 57.2 cm³/mol. The van der Waals surface area contributed by atoms with Crippen LogP contribution in [0, 0.1) is 0 Å². The van der Waals surface area contributed by atoms with Gasteiger partial charge in [0.15, 0.2) is 0 Å². The zero-order valence-corrected chi connectivity index (χ0v) is 8.85. The van der Waals surface area contributed by atoms with E-state index in [1.54, 1.807) is 7.05 Å². The van der Waals surface area contributed by atoms with Crippen LogP contribution in [0.2, 0.25) is 0 Å². The summed E-state index contributed by atoms with van der Waals surface area (Å²) in [5.41, 5.74) is 14.1. The van der Waals surface area contributed by atoms with Gasteiger partial charge in [0.1, 0.15) is 11.9 Å². The van der Waals surface area contributed by atoms with Crippen molar-refractivity contribution in [1.82, 2.24) is 9.78 Å². The molecule has 4 N–H and O–H groups in total. The van der Waals surface area contributed by atoms with Gasteiger partial charge in [0.2, 0.25) is 0 Å². The average Bonchev–Trinajstić information content (AvgIpc) is 2.59. The maximum Gasteiger partial charge on any atom is 0.127 e. The molecule has 1 heterocycles. The van der Waals surface area contributed by atoms with Crippen molar-refractivity contribution in [3.05, 3.63) is 22.2 Å². The molecule has 8 nitrogen and oxygen atoms in total. The van der Waals surface area contributed by atoms with Gasteiger partial charge in [-0.05, 0) is 12.0 Å². The van der Waals surface area contributed by atoms with Crippen molar-refractivity contribution >= 4 is 5.82 Å². The fraction of sp³-hybridized carbons (Fsp3) is 0.625. The number of anilines is 1. The molecular weight excluding hydrogens is 212 g/mol. The second kappa shape index (κ2) is 5.36. The van der Waals surface area contributed by atoms with E-state index < -0.39 is 12.2 Å². The van der Waals surface area contributed by atoms with Gasteiger partial charge in [-0.2, -0.15) is 5.10 Å². The van der Waals surface area contributed by atoms with Crippen molar-refractivity contribution in [2.75, 3.05) is 12.3 Å². The number of hydrogen-bond acceptors (Lipinski definition) is 5. The van der Waals surface area contributed by atoms with E-state index in [4.69, 9.17) is 11.3 Å². The molecule has 0 saturated heterocycles. The summed E-state index contributed by atoms with van der Waals surface area (Å²) in [6.45, 7) is 0.120. The van der Waals surface area contributed by atoms with Crippen molar-refractivity contribution in [2.24, 2.45) is 12.2 Å². The van der Waals surface area contributed by atoms with Crippen LogP contribution in [0.25, 0.3) is 10.4 Å². The highest BCUT2D eigenvalue weighted by molar-refractivity contribution is 5.40. The Morgan fingerprint density at radius 1 is 1.69 bits per heavy atom. The van der Waals surface area contributed by atoms with Gasteiger partial charge in [-0.15, -0.1) is 0 Å². The molecule has 0 saturated carbocycles. The first kappa shape index (κ1) is 12.3. The van der Waals surface area contributed by atoms with E-state index in [0.717, 1.165) is 0 Å². The minimum absolute atomic E-state index is 0.120. The van der Waals surface area contributed by atoms with Crippen LogP contribution in [0.15, 0.2) is 11.3 Å². The molecule has 0 fully saturated rings. The molecule has 0 spiro atoms. The lowest BCUT2D eigenvalue weighted by molar-refractivity contribution is 0.0154. The molecule has 0 bridgehead atoms. The number of nitrogen functional groups attached to an aromatic ring is 1. The summed E-state index contributed by atoms with van der Waals surface area (Å²) < 4.78 is 1.40. The van der Waals surface area contributed by atoms with E-state index in [0.29, 0.717) is 11.4 Å². The summed E-state index contributed by atoms with van der Waals surface area (Å²) in [5.74, 6) is 0.301. The molecule has 16 heavy (non-hydrogen) atoms. The number of azide groups is 1. The molecule has 1 aromatic heterocycles. The van der Waals surface area contributed by atoms with Crippen LogP contribution in [0.3, 0.4) is 0 Å². The topological polar surface area (TPSA) is 133 Å². The lowest BCUT2D eigenvalue weighted by atomic mass is 10.0. The molecule has 0 aliphatic heterocycles. The van der Waals surface area contributed by atoms with E-state index in [-0.39, 0.29) is 13.0 Å². The third-order valence-electron chi connectivity index (χ3n) is 2.29. The number of aliphatic hydroxyl groups excluding tert-OH is 2. The molecular formula is C8H14N6O2. The van der Waals surface area contributed by atoms with Crippen LogP contribution in [0.1, 0.15) is 18.1 Å². The normalized spacial score (nSPS) is 14.2. The van der Waals surface area contributed by atoms with E-state index in [1.807, 2.05) is 0 Å². The number of rotatable bonds is 5. The largest absolute Gasteiger partial charge is 0.390 e. The van der Waals surface area contributed by atoms with Gasteiger partial charge in [-0.3, -0.25) is 4.68 Å². The second-order valence-electron chi connectivity index (χ2n) is 3.36. The first-order valence-electron chi connectivity index (χ1n) is 4.72. The second-order valence-corrected chi connectivity index (χ2v) is 3.36. The minimum Gasteiger partial charge on any atom is -0.390 e. The van der Waals surface area contributed by atoms with Gasteiger partial charge in [0.05, 0.1) is 12.3 Å². The molecule has 2 unspecified atom stereocenters. The molecule has 0 aliphatic rings. The molecule has 8 heteroatoms. The number of nitrogens with two attached hydrogens (primary N) is 1. The van der Waals surface area contributed by atoms with Crippen LogP contribution >= 0.6 is 0 Å². The van der Waals surface area contributed by atoms with Crippen molar-refractivity contribution < 1.29 is 10.2 Å². The monoisotopic (exact) mass is 226 g/mol. The molecule has 2 atom stereocenters. The number of nitrogens with zero attached hydrogens (tertiary/aromatic N) is 5. The standard InChI is InChI=1S/C8H14N6O2/c1-14-8(9)5(4-12-14)7(16)6(15)2-3-11-13-10/h4,6-7,15-16H,2-3,9H2,1H3. The molecule has 0 radical (unpaired) electrons. The lowest BCUT2D eigenvalue weighted by Crippen LogP contribution is -2.20. The van der Waals surface area contributed by atoms with Gasteiger partial charge in [0, 0.05) is 24.1 Å². The van der Waals surface area contributed by atoms with Crippen molar-refractivity contribution in [1.29, 1.82) is 0 Å². The molecule has 1 aromatic rings. The van der Waals surface area contributed by atoms with Crippen LogP contribution in [0.4, 0.5) is 5.82 Å². The first-order valence-corrected chi connectivity index (χ1v) is 4.72. The SMILES string of the molecule is Cn1ncc(C(O)C(O)CCN=[N+]=[N-])c1N. The Balaban J connectivity index is 2.66. The molecule has 1 rings (SSSR count). The quantitative estimate of drug-likeness (QED) is 0.373. The van der Waals surface area contributed by atoms with Crippen molar-refractivity contribution in [3.8, 4) is 0 Å². The van der Waals surface area contributed by atoms with Gasteiger partial charge in [-0.25, -0.2) is 0 Å². The fourth-order valence-corrected chi connectivity index (χ4v) is 1.29. The zero-order valence-electron chi connectivity index (χ0n) is 8.85. The predicted octanol–water partition coefficient (Wildman–Crippen LogP) is 0.0970. The van der Waals surface area contributed by atoms with Crippen LogP contribution in [0.5, 0.6) is 0 Å². The van der Waals surface area contributed by atoms with Crippen molar-refractivity contribution in [2.45, 2.75) is 18.6 Å². The summed E-state index contributed by atoms with van der Waals surface area (Å²) in [6, 6.07) is 0. The van der Waals surface area contributed by atoms with E-state index in [9.17, 15) is 10.2 Å². The van der Waals surface area contributed by atoms with E-state index in [1.165, 1.54) is 10.9 Å². The zero-order chi connectivity index (χ0) is 12.1. The Labute approximate surface area is 91.9 Å². The molecule has 0 aliphatic carbocycles. The summed E-state index contributed by atoms with van der Waals surface area (Å²) in [5, 5.41) is 26.5. The highest BCUT2D eigenvalue weighted by Crippen LogP contribution is 2.23. The maximum absolute atomic E-state index is 9.76. The summed E-state index contributed by atoms with van der Waals surface area (Å²) in [7, 11) is 1.64. The lowest BCUT2D eigenvalue weighted by Gasteiger charge is -2.16. The van der Waals surface area contributed by atoms with Gasteiger partial charge in [-0.1, -0.05) is 5.11 Å². The summed E-state index contributed by atoms with van der Waals surface area (Å²) in [6.07, 6.45) is -0.587.